The van der Waals surface area contributed by atoms with Gasteiger partial charge in [0.15, 0.2) is 11.4 Å². The summed E-state index contributed by atoms with van der Waals surface area (Å²) in [5.74, 6) is -0.386. The molecule has 0 atom stereocenters. The number of H-pyrrole nitrogens is 1. The van der Waals surface area contributed by atoms with Crippen molar-refractivity contribution in [3.8, 4) is 11.4 Å². The van der Waals surface area contributed by atoms with Crippen LogP contribution in [0.4, 0.5) is 10.1 Å². The number of fused-ring (bicyclic) bond motifs is 1. The van der Waals surface area contributed by atoms with Crippen LogP contribution in [0.1, 0.15) is 10.6 Å². The second-order valence-electron chi connectivity index (χ2n) is 5.24. The molecular weight excluding hydrogens is 391 g/mol. The minimum absolute atomic E-state index is 0.170. The van der Waals surface area contributed by atoms with Gasteiger partial charge in [0, 0.05) is 16.4 Å². The van der Waals surface area contributed by atoms with Gasteiger partial charge in [0.2, 0.25) is 0 Å². The Balaban J connectivity index is 1.70. The van der Waals surface area contributed by atoms with Gasteiger partial charge in [-0.05, 0) is 52.3 Å². The number of pyridine rings is 1. The van der Waals surface area contributed by atoms with Crippen molar-refractivity contribution in [1.29, 1.82) is 0 Å². The third-order valence-electron chi connectivity index (χ3n) is 3.53. The number of carbonyl (C=O) groups excluding carboxylic acids is 1. The lowest BCUT2D eigenvalue weighted by Crippen LogP contribution is -2.11. The van der Waals surface area contributed by atoms with Gasteiger partial charge in [-0.2, -0.15) is 0 Å². The molecule has 0 unspecified atom stereocenters. The summed E-state index contributed by atoms with van der Waals surface area (Å²) in [4.78, 5) is 23.5. The van der Waals surface area contributed by atoms with Crippen LogP contribution in [0, 0.1) is 5.82 Å². The number of carbonyl (C=O) groups is 1. The lowest BCUT2D eigenvalue weighted by Gasteiger charge is -2.06. The van der Waals surface area contributed by atoms with Crippen molar-refractivity contribution >= 4 is 38.7 Å². The Kier molecular flexibility index (Phi) is 3.81. The van der Waals surface area contributed by atoms with Gasteiger partial charge in [-0.15, -0.1) is 0 Å². The molecule has 0 aliphatic heterocycles. The molecule has 0 bridgehead atoms. The first-order valence-corrected chi connectivity index (χ1v) is 8.05. The zero-order chi connectivity index (χ0) is 17.4. The number of halogens is 2. The number of rotatable bonds is 3. The molecule has 124 valence electrons. The number of aromatic amines is 1. The summed E-state index contributed by atoms with van der Waals surface area (Å²) in [5, 5.41) is 2.66. The van der Waals surface area contributed by atoms with Gasteiger partial charge in [-0.25, -0.2) is 14.4 Å². The molecule has 3 aromatic heterocycles. The van der Waals surface area contributed by atoms with Crippen LogP contribution in [0.2, 0.25) is 0 Å². The van der Waals surface area contributed by atoms with E-state index in [1.54, 1.807) is 24.4 Å². The van der Waals surface area contributed by atoms with Gasteiger partial charge in [0.05, 0.1) is 17.3 Å². The van der Waals surface area contributed by atoms with E-state index in [9.17, 15) is 9.18 Å². The summed E-state index contributed by atoms with van der Waals surface area (Å²) in [7, 11) is 0. The monoisotopic (exact) mass is 400 g/mol. The number of hydrogen-bond acceptors (Lipinski definition) is 4. The van der Waals surface area contributed by atoms with Crippen LogP contribution < -0.4 is 5.32 Å². The van der Waals surface area contributed by atoms with Crippen molar-refractivity contribution in [2.75, 3.05) is 5.32 Å². The first-order chi connectivity index (χ1) is 12.1. The molecule has 4 rings (SSSR count). The lowest BCUT2D eigenvalue weighted by atomic mass is 10.1. The Morgan fingerprint density at radius 1 is 1.28 bits per heavy atom. The number of amides is 1. The predicted molar refractivity (Wildman–Crippen MR) is 93.6 cm³/mol. The average molecular weight is 401 g/mol. The molecule has 0 aliphatic rings. The molecular formula is C17H10BrFN4O2. The van der Waals surface area contributed by atoms with E-state index in [2.05, 4.69) is 36.2 Å². The molecule has 0 saturated heterocycles. The lowest BCUT2D eigenvalue weighted by molar-refractivity contribution is 0.0996. The summed E-state index contributed by atoms with van der Waals surface area (Å²) in [6, 6.07) is 9.20. The summed E-state index contributed by atoms with van der Waals surface area (Å²) in [6.07, 6.45) is 3.02. The molecule has 8 heteroatoms. The molecule has 1 amide bonds. The largest absolute Gasteiger partial charge is 0.459 e. The van der Waals surface area contributed by atoms with E-state index in [-0.39, 0.29) is 11.3 Å². The Morgan fingerprint density at radius 3 is 2.96 bits per heavy atom. The number of imidazole rings is 1. The molecule has 6 nitrogen and oxygen atoms in total. The summed E-state index contributed by atoms with van der Waals surface area (Å²) in [6.45, 7) is 0. The third kappa shape index (κ3) is 3.03. The quantitative estimate of drug-likeness (QED) is 0.534. The normalized spacial score (nSPS) is 11.0. The number of furan rings is 1. The highest BCUT2D eigenvalue weighted by molar-refractivity contribution is 9.10. The van der Waals surface area contributed by atoms with E-state index in [1.165, 1.54) is 24.5 Å². The maximum Gasteiger partial charge on any atom is 0.291 e. The number of nitrogens with zero attached hydrogens (tertiary/aromatic N) is 2. The van der Waals surface area contributed by atoms with Crippen molar-refractivity contribution < 1.29 is 13.6 Å². The van der Waals surface area contributed by atoms with Crippen LogP contribution in [0.5, 0.6) is 0 Å². The Bertz CT molecular complexity index is 1080. The fraction of sp³-hybridized carbons (Fsp3) is 0. The van der Waals surface area contributed by atoms with E-state index >= 15 is 0 Å². The van der Waals surface area contributed by atoms with Gasteiger partial charge in [0.1, 0.15) is 11.6 Å². The van der Waals surface area contributed by atoms with Crippen LogP contribution in [0.25, 0.3) is 22.6 Å². The summed E-state index contributed by atoms with van der Waals surface area (Å²) in [5.41, 5.74) is 1.80. The first-order valence-electron chi connectivity index (χ1n) is 7.26. The van der Waals surface area contributed by atoms with E-state index in [1.807, 2.05) is 0 Å². The van der Waals surface area contributed by atoms with Crippen LogP contribution in [-0.2, 0) is 0 Å². The van der Waals surface area contributed by atoms with E-state index in [0.717, 1.165) is 4.47 Å². The van der Waals surface area contributed by atoms with Gasteiger partial charge in [-0.3, -0.25) is 4.79 Å². The molecule has 0 saturated carbocycles. The second kappa shape index (κ2) is 6.14. The van der Waals surface area contributed by atoms with Crippen LogP contribution in [0.15, 0.2) is 57.7 Å². The third-order valence-corrected chi connectivity index (χ3v) is 3.96. The van der Waals surface area contributed by atoms with Crippen molar-refractivity contribution in [2.24, 2.45) is 0 Å². The minimum atomic E-state index is -0.464. The zero-order valence-corrected chi connectivity index (χ0v) is 14.2. The van der Waals surface area contributed by atoms with Crippen molar-refractivity contribution in [2.45, 2.75) is 0 Å². The second-order valence-corrected chi connectivity index (χ2v) is 6.15. The van der Waals surface area contributed by atoms with E-state index in [0.29, 0.717) is 22.7 Å². The summed E-state index contributed by atoms with van der Waals surface area (Å²) < 4.78 is 20.1. The maximum absolute atomic E-state index is 14.3. The highest BCUT2D eigenvalue weighted by Crippen LogP contribution is 2.26. The molecule has 0 aliphatic carbocycles. The van der Waals surface area contributed by atoms with Gasteiger partial charge < -0.3 is 14.7 Å². The molecule has 25 heavy (non-hydrogen) atoms. The molecule has 0 fully saturated rings. The topological polar surface area (TPSA) is 83.8 Å². The minimum Gasteiger partial charge on any atom is -0.459 e. The Morgan fingerprint density at radius 2 is 2.16 bits per heavy atom. The number of hydrogen-bond donors (Lipinski definition) is 2. The highest BCUT2D eigenvalue weighted by atomic mass is 79.9. The maximum atomic E-state index is 14.3. The zero-order valence-electron chi connectivity index (χ0n) is 12.6. The number of aromatic nitrogens is 3. The average Bonchev–Trinajstić information content (AvgIpc) is 3.25. The standard InChI is InChI=1S/C17H10BrFN4O2/c18-9-6-13-16(20-8-9)23-15(22-13)11-7-10(3-4-12(11)19)21-17(24)14-2-1-5-25-14/h1-8H,(H,21,24)(H,20,22,23). The predicted octanol–water partition coefficient (Wildman–Crippen LogP) is 4.37. The van der Waals surface area contributed by atoms with E-state index < -0.39 is 11.7 Å². The van der Waals surface area contributed by atoms with Crippen molar-refractivity contribution in [3.63, 3.8) is 0 Å². The van der Waals surface area contributed by atoms with Crippen LogP contribution in [-0.4, -0.2) is 20.9 Å². The number of nitrogens with one attached hydrogen (secondary N) is 2. The molecule has 4 aromatic rings. The van der Waals surface area contributed by atoms with Gasteiger partial charge in [-0.1, -0.05) is 0 Å². The smallest absolute Gasteiger partial charge is 0.291 e. The Labute approximate surface area is 149 Å². The fourth-order valence-corrected chi connectivity index (χ4v) is 2.72. The molecule has 1 aromatic carbocycles. The SMILES string of the molecule is O=C(Nc1ccc(F)c(-c2nc3ncc(Br)cc3[nH]2)c1)c1ccco1. The highest BCUT2D eigenvalue weighted by Gasteiger charge is 2.14. The number of benzene rings is 1. The molecule has 0 radical (unpaired) electrons. The number of anilines is 1. The fourth-order valence-electron chi connectivity index (χ4n) is 2.39. The summed E-state index contributed by atoms with van der Waals surface area (Å²) >= 11 is 3.33. The van der Waals surface area contributed by atoms with Crippen molar-refractivity contribution in [1.82, 2.24) is 15.0 Å². The first kappa shape index (κ1) is 15.5. The molecule has 3 heterocycles. The van der Waals surface area contributed by atoms with Crippen LogP contribution >= 0.6 is 15.9 Å². The van der Waals surface area contributed by atoms with E-state index in [4.69, 9.17) is 4.42 Å². The van der Waals surface area contributed by atoms with Crippen molar-refractivity contribution in [3.05, 3.63) is 64.9 Å². The Hall–Kier alpha value is -3.00. The van der Waals surface area contributed by atoms with Crippen LogP contribution in [0.3, 0.4) is 0 Å². The van der Waals surface area contributed by atoms with Gasteiger partial charge >= 0.3 is 0 Å². The molecule has 2 N–H and O–H groups in total. The van der Waals surface area contributed by atoms with Gasteiger partial charge in [0.25, 0.3) is 5.91 Å². The molecule has 0 spiro atoms.